The van der Waals surface area contributed by atoms with Gasteiger partial charge >= 0.3 is 0 Å². The first-order valence-electron chi connectivity index (χ1n) is 6.42. The monoisotopic (exact) mass is 218 g/mol. The van der Waals surface area contributed by atoms with Gasteiger partial charge in [-0.25, -0.2) is 0 Å². The third-order valence-electron chi connectivity index (χ3n) is 3.55. The molecule has 2 rings (SSSR count). The predicted molar refractivity (Wildman–Crippen MR) is 67.4 cm³/mol. The number of hydrogen-bond donors (Lipinski definition) is 0. The van der Waals surface area contributed by atoms with E-state index in [1.165, 1.54) is 37.9 Å². The molecule has 2 heteroatoms. The second-order valence-corrected chi connectivity index (χ2v) is 5.01. The zero-order chi connectivity index (χ0) is 11.4. The lowest BCUT2D eigenvalue weighted by Gasteiger charge is -2.19. The second-order valence-electron chi connectivity index (χ2n) is 5.01. The Labute approximate surface area is 98.7 Å². The van der Waals surface area contributed by atoms with Crippen molar-refractivity contribution in [1.29, 1.82) is 0 Å². The fraction of sp³-hybridized carbons (Fsp3) is 0.643. The molecule has 1 aliphatic heterocycles. The normalized spacial score (nSPS) is 26.1. The van der Waals surface area contributed by atoms with E-state index in [-0.39, 0.29) is 0 Å². The summed E-state index contributed by atoms with van der Waals surface area (Å²) in [7, 11) is 0. The van der Waals surface area contributed by atoms with E-state index in [1.807, 2.05) is 18.5 Å². The molecule has 0 radical (unpaired) electrons. The van der Waals surface area contributed by atoms with E-state index < -0.39 is 0 Å². The molecular formula is C14H22N2. The number of nitrogens with zero attached hydrogens (tertiary/aromatic N) is 2. The molecule has 1 aromatic heterocycles. The molecule has 2 atom stereocenters. The van der Waals surface area contributed by atoms with Gasteiger partial charge in [-0.05, 0) is 50.3 Å². The van der Waals surface area contributed by atoms with E-state index in [2.05, 4.69) is 29.8 Å². The zero-order valence-corrected chi connectivity index (χ0v) is 10.4. The van der Waals surface area contributed by atoms with E-state index in [4.69, 9.17) is 0 Å². The van der Waals surface area contributed by atoms with Crippen LogP contribution in [0.15, 0.2) is 24.5 Å². The maximum Gasteiger partial charge on any atom is 0.0299 e. The maximum atomic E-state index is 4.19. The summed E-state index contributed by atoms with van der Waals surface area (Å²) in [5.74, 6) is 0.825. The van der Waals surface area contributed by atoms with E-state index >= 15 is 0 Å². The van der Waals surface area contributed by atoms with Crippen LogP contribution in [-0.2, 0) is 6.42 Å². The molecule has 0 amide bonds. The van der Waals surface area contributed by atoms with E-state index in [0.29, 0.717) is 0 Å². The fourth-order valence-electron chi connectivity index (χ4n) is 2.82. The van der Waals surface area contributed by atoms with Crippen LogP contribution < -0.4 is 0 Å². The van der Waals surface area contributed by atoms with Crippen molar-refractivity contribution in [3.63, 3.8) is 0 Å². The summed E-state index contributed by atoms with van der Waals surface area (Å²) in [6.45, 7) is 7.15. The Kier molecular flexibility index (Phi) is 3.94. The molecule has 2 heterocycles. The Balaban J connectivity index is 1.89. The van der Waals surface area contributed by atoms with Crippen LogP contribution >= 0.6 is 0 Å². The van der Waals surface area contributed by atoms with E-state index in [0.717, 1.165) is 12.0 Å². The Morgan fingerprint density at radius 3 is 3.06 bits per heavy atom. The lowest BCUT2D eigenvalue weighted by molar-refractivity contribution is 0.264. The minimum Gasteiger partial charge on any atom is -0.300 e. The highest BCUT2D eigenvalue weighted by molar-refractivity contribution is 5.10. The molecule has 1 aromatic rings. The molecule has 0 aliphatic carbocycles. The molecule has 1 fully saturated rings. The van der Waals surface area contributed by atoms with Gasteiger partial charge in [0.1, 0.15) is 0 Å². The molecule has 88 valence electrons. The summed E-state index contributed by atoms with van der Waals surface area (Å²) in [4.78, 5) is 6.81. The van der Waals surface area contributed by atoms with Crippen molar-refractivity contribution in [2.75, 3.05) is 13.1 Å². The van der Waals surface area contributed by atoms with E-state index in [1.54, 1.807) is 0 Å². The quantitative estimate of drug-likeness (QED) is 0.772. The van der Waals surface area contributed by atoms with Crippen LogP contribution in [0, 0.1) is 5.92 Å². The van der Waals surface area contributed by atoms with Crippen molar-refractivity contribution < 1.29 is 0 Å². The van der Waals surface area contributed by atoms with Crippen LogP contribution in [0.3, 0.4) is 0 Å². The van der Waals surface area contributed by atoms with Crippen molar-refractivity contribution in [2.45, 2.75) is 39.2 Å². The third-order valence-corrected chi connectivity index (χ3v) is 3.55. The number of aromatic nitrogens is 1. The average molecular weight is 218 g/mol. The lowest BCUT2D eigenvalue weighted by Crippen LogP contribution is -2.27. The summed E-state index contributed by atoms with van der Waals surface area (Å²) in [6.07, 6.45) is 7.66. The molecule has 2 nitrogen and oxygen atoms in total. The van der Waals surface area contributed by atoms with Crippen LogP contribution in [0.25, 0.3) is 0 Å². The SMILES string of the molecule is CCCN1CC(Cc2cccnc2)CC1C. The summed E-state index contributed by atoms with van der Waals surface area (Å²) < 4.78 is 0. The number of likely N-dealkylation sites (tertiary alicyclic amines) is 1. The van der Waals surface area contributed by atoms with Crippen LogP contribution in [-0.4, -0.2) is 29.0 Å². The fourth-order valence-corrected chi connectivity index (χ4v) is 2.82. The Morgan fingerprint density at radius 1 is 1.50 bits per heavy atom. The molecule has 0 saturated carbocycles. The molecule has 16 heavy (non-hydrogen) atoms. The van der Waals surface area contributed by atoms with Gasteiger partial charge in [0.2, 0.25) is 0 Å². The number of rotatable bonds is 4. The van der Waals surface area contributed by atoms with Gasteiger partial charge in [0, 0.05) is 25.0 Å². The molecular weight excluding hydrogens is 196 g/mol. The average Bonchev–Trinajstić information content (AvgIpc) is 2.61. The molecule has 2 unspecified atom stereocenters. The smallest absolute Gasteiger partial charge is 0.0299 e. The number of hydrogen-bond acceptors (Lipinski definition) is 2. The van der Waals surface area contributed by atoms with Crippen molar-refractivity contribution in [3.8, 4) is 0 Å². The molecule has 0 bridgehead atoms. The summed E-state index contributed by atoms with van der Waals surface area (Å²) in [5, 5.41) is 0. The van der Waals surface area contributed by atoms with Crippen LogP contribution in [0.2, 0.25) is 0 Å². The van der Waals surface area contributed by atoms with Crippen molar-refractivity contribution >= 4 is 0 Å². The van der Waals surface area contributed by atoms with Gasteiger partial charge in [-0.2, -0.15) is 0 Å². The highest BCUT2D eigenvalue weighted by atomic mass is 15.2. The molecule has 1 saturated heterocycles. The molecule has 0 N–H and O–H groups in total. The minimum atomic E-state index is 0.765. The zero-order valence-electron chi connectivity index (χ0n) is 10.4. The Hall–Kier alpha value is -0.890. The first-order valence-corrected chi connectivity index (χ1v) is 6.42. The van der Waals surface area contributed by atoms with Crippen molar-refractivity contribution in [3.05, 3.63) is 30.1 Å². The Bertz CT molecular complexity index is 310. The van der Waals surface area contributed by atoms with Crippen LogP contribution in [0.1, 0.15) is 32.3 Å². The maximum absolute atomic E-state index is 4.19. The van der Waals surface area contributed by atoms with Crippen LogP contribution in [0.4, 0.5) is 0 Å². The van der Waals surface area contributed by atoms with Crippen LogP contribution in [0.5, 0.6) is 0 Å². The Morgan fingerprint density at radius 2 is 2.38 bits per heavy atom. The van der Waals surface area contributed by atoms with Crippen molar-refractivity contribution in [1.82, 2.24) is 9.88 Å². The topological polar surface area (TPSA) is 16.1 Å². The van der Waals surface area contributed by atoms with Gasteiger partial charge in [-0.15, -0.1) is 0 Å². The third kappa shape index (κ3) is 2.82. The number of pyridine rings is 1. The minimum absolute atomic E-state index is 0.765. The molecule has 0 aromatic carbocycles. The largest absolute Gasteiger partial charge is 0.300 e. The predicted octanol–water partition coefficient (Wildman–Crippen LogP) is 2.74. The molecule has 1 aliphatic rings. The highest BCUT2D eigenvalue weighted by Gasteiger charge is 2.27. The van der Waals surface area contributed by atoms with Gasteiger partial charge in [0.15, 0.2) is 0 Å². The lowest BCUT2D eigenvalue weighted by atomic mass is 9.98. The van der Waals surface area contributed by atoms with Gasteiger partial charge in [0.25, 0.3) is 0 Å². The first-order chi connectivity index (χ1) is 7.79. The summed E-state index contributed by atoms with van der Waals surface area (Å²) >= 11 is 0. The van der Waals surface area contributed by atoms with Crippen molar-refractivity contribution in [2.24, 2.45) is 5.92 Å². The summed E-state index contributed by atoms with van der Waals surface area (Å²) in [5.41, 5.74) is 1.39. The molecule has 0 spiro atoms. The first kappa shape index (κ1) is 11.6. The second kappa shape index (κ2) is 5.44. The highest BCUT2D eigenvalue weighted by Crippen LogP contribution is 2.25. The standard InChI is InChI=1S/C14H22N2/c1-3-7-16-11-14(8-12(16)2)9-13-5-4-6-15-10-13/h4-6,10,12,14H,3,7-9,11H2,1-2H3. The van der Waals surface area contributed by atoms with Gasteiger partial charge < -0.3 is 4.90 Å². The van der Waals surface area contributed by atoms with Gasteiger partial charge in [0.05, 0.1) is 0 Å². The van der Waals surface area contributed by atoms with Gasteiger partial charge in [-0.1, -0.05) is 13.0 Å². The van der Waals surface area contributed by atoms with Gasteiger partial charge in [-0.3, -0.25) is 4.98 Å². The summed E-state index contributed by atoms with van der Waals surface area (Å²) in [6, 6.07) is 5.00. The van der Waals surface area contributed by atoms with E-state index in [9.17, 15) is 0 Å².